The lowest BCUT2D eigenvalue weighted by Gasteiger charge is -2.23. The fraction of sp³-hybridized carbons (Fsp3) is 0.857. The number of amides is 1. The molecule has 1 amide bonds. The van der Waals surface area contributed by atoms with Gasteiger partial charge in [0.25, 0.3) is 0 Å². The first-order valence-electron chi connectivity index (χ1n) is 6.99. The molecular formula is C14H26N2O2. The third kappa shape index (κ3) is 4.77. The van der Waals surface area contributed by atoms with E-state index in [9.17, 15) is 9.59 Å². The molecule has 1 rings (SSSR count). The molecular weight excluding hydrogens is 228 g/mol. The lowest BCUT2D eigenvalue weighted by Crippen LogP contribution is -2.40. The van der Waals surface area contributed by atoms with Crippen LogP contribution < -0.4 is 0 Å². The van der Waals surface area contributed by atoms with Gasteiger partial charge in [-0.3, -0.25) is 14.5 Å². The molecule has 0 N–H and O–H groups in total. The van der Waals surface area contributed by atoms with Crippen molar-refractivity contribution in [2.45, 2.75) is 39.0 Å². The summed E-state index contributed by atoms with van der Waals surface area (Å²) in [5.74, 6) is 0.647. The minimum atomic E-state index is 0.0719. The van der Waals surface area contributed by atoms with Crippen molar-refractivity contribution in [3.8, 4) is 0 Å². The minimum absolute atomic E-state index is 0.0719. The van der Waals surface area contributed by atoms with Crippen LogP contribution in [0.2, 0.25) is 0 Å². The summed E-state index contributed by atoms with van der Waals surface area (Å²) >= 11 is 0. The van der Waals surface area contributed by atoms with Gasteiger partial charge < -0.3 is 4.90 Å². The summed E-state index contributed by atoms with van der Waals surface area (Å²) in [4.78, 5) is 27.4. The molecule has 0 bridgehead atoms. The maximum atomic E-state index is 12.1. The molecule has 0 spiro atoms. The number of Topliss-reactive ketones (excluding diaryl/α,β-unsaturated/α-hetero) is 1. The molecule has 0 atom stereocenters. The molecule has 4 nitrogen and oxygen atoms in total. The number of likely N-dealkylation sites (N-methyl/N-ethyl adjacent to an activating group) is 1. The van der Waals surface area contributed by atoms with Gasteiger partial charge in [-0.1, -0.05) is 19.8 Å². The van der Waals surface area contributed by atoms with Crippen LogP contribution in [0.15, 0.2) is 0 Å². The second-order valence-corrected chi connectivity index (χ2v) is 5.45. The third-order valence-electron chi connectivity index (χ3n) is 3.59. The van der Waals surface area contributed by atoms with Crippen molar-refractivity contribution in [1.82, 2.24) is 9.80 Å². The summed E-state index contributed by atoms with van der Waals surface area (Å²) in [5, 5.41) is 0. The average Bonchev–Trinajstić information content (AvgIpc) is 2.82. The second kappa shape index (κ2) is 7.52. The number of carbonyl (C=O) groups excluding carboxylic acids is 2. The molecule has 18 heavy (non-hydrogen) atoms. The van der Waals surface area contributed by atoms with Gasteiger partial charge in [0, 0.05) is 20.0 Å². The Morgan fingerprint density at radius 1 is 1.11 bits per heavy atom. The first-order valence-corrected chi connectivity index (χ1v) is 6.99. The van der Waals surface area contributed by atoms with Crippen molar-refractivity contribution in [3.05, 3.63) is 0 Å². The number of carbonyl (C=O) groups is 2. The fourth-order valence-electron chi connectivity index (χ4n) is 2.46. The predicted octanol–water partition coefficient (Wildman–Crippen LogP) is 1.55. The van der Waals surface area contributed by atoms with Gasteiger partial charge in [0.2, 0.25) is 5.91 Å². The first-order chi connectivity index (χ1) is 8.54. The van der Waals surface area contributed by atoms with Crippen LogP contribution in [-0.2, 0) is 9.59 Å². The molecule has 0 aliphatic heterocycles. The van der Waals surface area contributed by atoms with Gasteiger partial charge in [0.1, 0.15) is 5.78 Å². The van der Waals surface area contributed by atoms with E-state index in [1.165, 1.54) is 12.8 Å². The maximum absolute atomic E-state index is 12.1. The quantitative estimate of drug-likeness (QED) is 0.692. The standard InChI is InChI=1S/C14H26N2O2/c1-4-9-16(11-14(18)15(2)3)10-13(17)12-7-5-6-8-12/h12H,4-11H2,1-3H3. The van der Waals surface area contributed by atoms with Crippen molar-refractivity contribution < 1.29 is 9.59 Å². The largest absolute Gasteiger partial charge is 0.348 e. The van der Waals surface area contributed by atoms with Crippen LogP contribution in [0.25, 0.3) is 0 Å². The number of nitrogens with zero attached hydrogens (tertiary/aromatic N) is 2. The predicted molar refractivity (Wildman–Crippen MR) is 72.4 cm³/mol. The van der Waals surface area contributed by atoms with Crippen molar-refractivity contribution >= 4 is 11.7 Å². The van der Waals surface area contributed by atoms with E-state index in [1.54, 1.807) is 19.0 Å². The fourth-order valence-corrected chi connectivity index (χ4v) is 2.46. The van der Waals surface area contributed by atoms with Gasteiger partial charge in [-0.25, -0.2) is 0 Å². The van der Waals surface area contributed by atoms with Crippen molar-refractivity contribution in [2.75, 3.05) is 33.7 Å². The van der Waals surface area contributed by atoms with Crippen LogP contribution in [-0.4, -0.2) is 55.2 Å². The normalized spacial score (nSPS) is 16.2. The summed E-state index contributed by atoms with van der Waals surface area (Å²) < 4.78 is 0. The van der Waals surface area contributed by atoms with Crippen LogP contribution >= 0.6 is 0 Å². The molecule has 1 aliphatic rings. The minimum Gasteiger partial charge on any atom is -0.348 e. The topological polar surface area (TPSA) is 40.6 Å². The summed E-state index contributed by atoms with van der Waals surface area (Å²) in [7, 11) is 3.51. The summed E-state index contributed by atoms with van der Waals surface area (Å²) in [6.07, 6.45) is 5.42. The van der Waals surface area contributed by atoms with Gasteiger partial charge in [0.15, 0.2) is 0 Å². The zero-order valence-corrected chi connectivity index (χ0v) is 11.9. The Balaban J connectivity index is 2.45. The SMILES string of the molecule is CCCN(CC(=O)C1CCCC1)CC(=O)N(C)C. The highest BCUT2D eigenvalue weighted by Crippen LogP contribution is 2.25. The van der Waals surface area contributed by atoms with Gasteiger partial charge in [-0.15, -0.1) is 0 Å². The van der Waals surface area contributed by atoms with Gasteiger partial charge in [-0.2, -0.15) is 0 Å². The zero-order valence-electron chi connectivity index (χ0n) is 11.9. The van der Waals surface area contributed by atoms with Crippen molar-refractivity contribution in [1.29, 1.82) is 0 Å². The first kappa shape index (κ1) is 15.2. The van der Waals surface area contributed by atoms with Gasteiger partial charge >= 0.3 is 0 Å². The highest BCUT2D eigenvalue weighted by molar-refractivity contribution is 5.84. The second-order valence-electron chi connectivity index (χ2n) is 5.45. The van der Waals surface area contributed by atoms with Crippen LogP contribution in [0.4, 0.5) is 0 Å². The number of hydrogen-bond acceptors (Lipinski definition) is 3. The Bertz CT molecular complexity index is 284. The number of rotatable bonds is 7. The van der Waals surface area contributed by atoms with E-state index in [2.05, 4.69) is 6.92 Å². The molecule has 0 heterocycles. The van der Waals surface area contributed by atoms with Gasteiger partial charge in [0.05, 0.1) is 13.1 Å². The third-order valence-corrected chi connectivity index (χ3v) is 3.59. The molecule has 1 aliphatic carbocycles. The molecule has 1 fully saturated rings. The Morgan fingerprint density at radius 2 is 1.72 bits per heavy atom. The van der Waals surface area contributed by atoms with Crippen LogP contribution in [0.1, 0.15) is 39.0 Å². The van der Waals surface area contributed by atoms with E-state index >= 15 is 0 Å². The molecule has 0 unspecified atom stereocenters. The molecule has 0 radical (unpaired) electrons. The highest BCUT2D eigenvalue weighted by atomic mass is 16.2. The number of hydrogen-bond donors (Lipinski definition) is 0. The Hall–Kier alpha value is -0.900. The lowest BCUT2D eigenvalue weighted by molar-refractivity contribution is -0.131. The molecule has 0 aromatic rings. The molecule has 1 saturated carbocycles. The summed E-state index contributed by atoms with van der Waals surface area (Å²) in [6, 6.07) is 0. The van der Waals surface area contributed by atoms with Crippen molar-refractivity contribution in [3.63, 3.8) is 0 Å². The Labute approximate surface area is 110 Å². The lowest BCUT2D eigenvalue weighted by atomic mass is 10.0. The van der Waals surface area contributed by atoms with E-state index in [-0.39, 0.29) is 11.8 Å². The maximum Gasteiger partial charge on any atom is 0.236 e. The Morgan fingerprint density at radius 3 is 2.22 bits per heavy atom. The molecule has 0 saturated heterocycles. The Kier molecular flexibility index (Phi) is 6.33. The van der Waals surface area contributed by atoms with Gasteiger partial charge in [-0.05, 0) is 25.8 Å². The average molecular weight is 254 g/mol. The van der Waals surface area contributed by atoms with E-state index in [0.717, 1.165) is 25.8 Å². The summed E-state index contributed by atoms with van der Waals surface area (Å²) in [6.45, 7) is 3.70. The molecule has 104 valence electrons. The van der Waals surface area contributed by atoms with Crippen molar-refractivity contribution in [2.24, 2.45) is 5.92 Å². The van der Waals surface area contributed by atoms with Crippen LogP contribution in [0, 0.1) is 5.92 Å². The smallest absolute Gasteiger partial charge is 0.236 e. The number of ketones is 1. The van der Waals surface area contributed by atoms with E-state index in [0.29, 0.717) is 18.9 Å². The molecule has 0 aromatic heterocycles. The van der Waals surface area contributed by atoms with E-state index in [4.69, 9.17) is 0 Å². The van der Waals surface area contributed by atoms with E-state index in [1.807, 2.05) is 4.90 Å². The zero-order chi connectivity index (χ0) is 13.5. The van der Waals surface area contributed by atoms with Crippen LogP contribution in [0.5, 0.6) is 0 Å². The van der Waals surface area contributed by atoms with E-state index < -0.39 is 0 Å². The molecule has 0 aromatic carbocycles. The molecule has 4 heteroatoms. The highest BCUT2D eigenvalue weighted by Gasteiger charge is 2.24. The monoisotopic (exact) mass is 254 g/mol. The van der Waals surface area contributed by atoms with Crippen LogP contribution in [0.3, 0.4) is 0 Å². The summed E-state index contributed by atoms with van der Waals surface area (Å²) in [5.41, 5.74) is 0.